The number of rotatable bonds is 7. The summed E-state index contributed by atoms with van der Waals surface area (Å²) in [6, 6.07) is 36.8. The summed E-state index contributed by atoms with van der Waals surface area (Å²) in [6.07, 6.45) is 1.28. The predicted octanol–water partition coefficient (Wildman–Crippen LogP) is 6.55. The van der Waals surface area contributed by atoms with E-state index in [1.165, 1.54) is 11.1 Å². The van der Waals surface area contributed by atoms with Crippen molar-refractivity contribution in [1.82, 2.24) is 4.90 Å². The first kappa shape index (κ1) is 28.0. The van der Waals surface area contributed by atoms with Gasteiger partial charge in [0.15, 0.2) is 0 Å². The Morgan fingerprint density at radius 1 is 0.738 bits per heavy atom. The maximum absolute atomic E-state index is 14.3. The Labute approximate surface area is 248 Å². The number of carbonyl (C=O) groups is 1. The second-order valence-corrected chi connectivity index (χ2v) is 11.7. The van der Waals surface area contributed by atoms with E-state index < -0.39 is 5.60 Å². The number of nitrogens with zero attached hydrogens (tertiary/aromatic N) is 1. The molecule has 4 aromatic rings. The van der Waals surface area contributed by atoms with Gasteiger partial charge >= 0.3 is 0 Å². The summed E-state index contributed by atoms with van der Waals surface area (Å²) in [4.78, 5) is 16.3. The van der Waals surface area contributed by atoms with Crippen LogP contribution in [0.3, 0.4) is 0 Å². The molecule has 2 aliphatic rings. The van der Waals surface area contributed by atoms with Gasteiger partial charge < -0.3 is 19.5 Å². The largest absolute Gasteiger partial charge is 0.496 e. The fraction of sp³-hybridized carbons (Fsp3) is 0.324. The standard InChI is InChI=1S/C37H39NO4/c1-26(29-18-10-12-20-33(29)41-2)35(39)38-24-31-32(25-38)37(40,30-19-11-13-21-34(30)42-3)23-22-36(31,27-14-6-4-7-15-27)28-16-8-5-9-17-28/h4-21,26,31-32,40H,22-25H2,1-3H3/t26?,31?,32?,37-/m1/s1. The van der Waals surface area contributed by atoms with Gasteiger partial charge in [0.2, 0.25) is 5.91 Å². The summed E-state index contributed by atoms with van der Waals surface area (Å²) in [5.41, 5.74) is 2.58. The maximum Gasteiger partial charge on any atom is 0.229 e. The van der Waals surface area contributed by atoms with Crippen LogP contribution in [0.4, 0.5) is 0 Å². The lowest BCUT2D eigenvalue weighted by Crippen LogP contribution is -2.53. The van der Waals surface area contributed by atoms with Gasteiger partial charge in [0, 0.05) is 35.5 Å². The number of hydrogen-bond acceptors (Lipinski definition) is 4. The van der Waals surface area contributed by atoms with Crippen molar-refractivity contribution in [3.63, 3.8) is 0 Å². The third-order valence-electron chi connectivity index (χ3n) is 9.91. The second kappa shape index (κ2) is 11.3. The molecule has 1 N–H and O–H groups in total. The summed E-state index contributed by atoms with van der Waals surface area (Å²) in [5, 5.41) is 12.8. The number of ether oxygens (including phenoxy) is 2. The van der Waals surface area contributed by atoms with Crippen LogP contribution in [0.2, 0.25) is 0 Å². The summed E-state index contributed by atoms with van der Waals surface area (Å²) in [5.74, 6) is 0.813. The first-order valence-corrected chi connectivity index (χ1v) is 14.8. The Morgan fingerprint density at radius 2 is 1.26 bits per heavy atom. The van der Waals surface area contributed by atoms with Crippen molar-refractivity contribution in [1.29, 1.82) is 0 Å². The Bertz CT molecular complexity index is 1500. The van der Waals surface area contributed by atoms with Crippen molar-refractivity contribution in [2.24, 2.45) is 11.8 Å². The first-order valence-electron chi connectivity index (χ1n) is 14.8. The zero-order valence-corrected chi connectivity index (χ0v) is 24.6. The molecule has 1 amide bonds. The highest BCUT2D eigenvalue weighted by Gasteiger charge is 2.61. The molecule has 2 fully saturated rings. The quantitative estimate of drug-likeness (QED) is 0.278. The van der Waals surface area contributed by atoms with Crippen LogP contribution in [0.1, 0.15) is 47.9 Å². The summed E-state index contributed by atoms with van der Waals surface area (Å²) >= 11 is 0. The topological polar surface area (TPSA) is 59.0 Å². The Hall–Kier alpha value is -4.09. The molecule has 5 nitrogen and oxygen atoms in total. The molecular formula is C37H39NO4. The number of aliphatic hydroxyl groups is 1. The van der Waals surface area contributed by atoms with Crippen molar-refractivity contribution in [3.8, 4) is 11.5 Å². The smallest absolute Gasteiger partial charge is 0.229 e. The number of para-hydroxylation sites is 2. The van der Waals surface area contributed by atoms with Gasteiger partial charge in [-0.25, -0.2) is 0 Å². The van der Waals surface area contributed by atoms with Gasteiger partial charge in [-0.15, -0.1) is 0 Å². The molecule has 4 atom stereocenters. The van der Waals surface area contributed by atoms with Gasteiger partial charge in [-0.05, 0) is 48.9 Å². The molecule has 0 radical (unpaired) electrons. The SMILES string of the molecule is COc1ccccc1C(C)C(=O)N1CC2C(C1)[C@](O)(c1ccccc1OC)CCC2(c1ccccc1)c1ccccc1. The van der Waals surface area contributed by atoms with Gasteiger partial charge in [-0.3, -0.25) is 4.79 Å². The van der Waals surface area contributed by atoms with Crippen LogP contribution in [0.15, 0.2) is 109 Å². The monoisotopic (exact) mass is 561 g/mol. The van der Waals surface area contributed by atoms with E-state index in [9.17, 15) is 9.90 Å². The van der Waals surface area contributed by atoms with E-state index in [2.05, 4.69) is 48.5 Å². The van der Waals surface area contributed by atoms with Gasteiger partial charge in [0.25, 0.3) is 0 Å². The van der Waals surface area contributed by atoms with Crippen molar-refractivity contribution in [2.75, 3.05) is 27.3 Å². The zero-order valence-electron chi connectivity index (χ0n) is 24.6. The summed E-state index contributed by atoms with van der Waals surface area (Å²) in [7, 11) is 3.29. The number of methoxy groups -OCH3 is 2. The minimum atomic E-state index is -1.16. The van der Waals surface area contributed by atoms with Crippen LogP contribution in [0.25, 0.3) is 0 Å². The van der Waals surface area contributed by atoms with Crippen LogP contribution >= 0.6 is 0 Å². The number of likely N-dealkylation sites (tertiary alicyclic amines) is 1. The summed E-state index contributed by atoms with van der Waals surface area (Å²) < 4.78 is 11.4. The van der Waals surface area contributed by atoms with E-state index in [0.717, 1.165) is 17.5 Å². The van der Waals surface area contributed by atoms with Crippen LogP contribution in [-0.4, -0.2) is 43.2 Å². The van der Waals surface area contributed by atoms with Gasteiger partial charge in [0.05, 0.1) is 25.7 Å². The highest BCUT2D eigenvalue weighted by atomic mass is 16.5. The zero-order chi connectivity index (χ0) is 29.3. The highest BCUT2D eigenvalue weighted by molar-refractivity contribution is 5.84. The second-order valence-electron chi connectivity index (χ2n) is 11.7. The molecule has 42 heavy (non-hydrogen) atoms. The van der Waals surface area contributed by atoms with Crippen LogP contribution in [-0.2, 0) is 15.8 Å². The lowest BCUT2D eigenvalue weighted by atomic mass is 9.52. The average Bonchev–Trinajstić information content (AvgIpc) is 3.52. The molecule has 6 rings (SSSR count). The molecule has 216 valence electrons. The molecule has 1 heterocycles. The molecule has 0 bridgehead atoms. The molecule has 4 aromatic carbocycles. The summed E-state index contributed by atoms with van der Waals surface area (Å²) in [6.45, 7) is 2.96. The minimum absolute atomic E-state index is 0.0280. The number of amides is 1. The van der Waals surface area contributed by atoms with E-state index in [4.69, 9.17) is 9.47 Å². The third kappa shape index (κ3) is 4.47. The Kier molecular flexibility index (Phi) is 7.54. The molecule has 1 aliphatic heterocycles. The molecular weight excluding hydrogens is 522 g/mol. The maximum atomic E-state index is 14.3. The normalized spacial score (nSPS) is 23.6. The fourth-order valence-electron chi connectivity index (χ4n) is 7.85. The molecule has 3 unspecified atom stereocenters. The van der Waals surface area contributed by atoms with Crippen molar-refractivity contribution in [2.45, 2.75) is 36.7 Å². The van der Waals surface area contributed by atoms with E-state index in [0.29, 0.717) is 31.0 Å². The van der Waals surface area contributed by atoms with Gasteiger partial charge in [-0.1, -0.05) is 97.1 Å². The van der Waals surface area contributed by atoms with Gasteiger partial charge in [-0.2, -0.15) is 0 Å². The molecule has 0 aromatic heterocycles. The highest BCUT2D eigenvalue weighted by Crippen LogP contribution is 2.60. The van der Waals surface area contributed by atoms with Crippen molar-refractivity contribution < 1.29 is 19.4 Å². The van der Waals surface area contributed by atoms with Crippen LogP contribution in [0, 0.1) is 11.8 Å². The van der Waals surface area contributed by atoms with E-state index in [1.807, 2.05) is 72.5 Å². The van der Waals surface area contributed by atoms with E-state index in [1.54, 1.807) is 14.2 Å². The number of benzene rings is 4. The molecule has 1 aliphatic carbocycles. The Balaban J connectivity index is 1.49. The van der Waals surface area contributed by atoms with Crippen molar-refractivity contribution >= 4 is 5.91 Å². The molecule has 0 spiro atoms. The van der Waals surface area contributed by atoms with E-state index in [-0.39, 0.29) is 29.1 Å². The van der Waals surface area contributed by atoms with Crippen LogP contribution in [0.5, 0.6) is 11.5 Å². The molecule has 1 saturated heterocycles. The van der Waals surface area contributed by atoms with Crippen LogP contribution < -0.4 is 9.47 Å². The number of carbonyl (C=O) groups excluding carboxylic acids is 1. The predicted molar refractivity (Wildman–Crippen MR) is 165 cm³/mol. The third-order valence-corrected chi connectivity index (χ3v) is 9.91. The lowest BCUT2D eigenvalue weighted by Gasteiger charge is -2.53. The molecule has 1 saturated carbocycles. The van der Waals surface area contributed by atoms with Crippen molar-refractivity contribution in [3.05, 3.63) is 131 Å². The number of fused-ring (bicyclic) bond motifs is 1. The Morgan fingerprint density at radius 3 is 1.88 bits per heavy atom. The first-order chi connectivity index (χ1) is 20.4. The number of hydrogen-bond donors (Lipinski definition) is 1. The molecule has 5 heteroatoms. The minimum Gasteiger partial charge on any atom is -0.496 e. The fourth-order valence-corrected chi connectivity index (χ4v) is 7.85. The average molecular weight is 562 g/mol. The van der Waals surface area contributed by atoms with Gasteiger partial charge in [0.1, 0.15) is 11.5 Å². The van der Waals surface area contributed by atoms with E-state index >= 15 is 0 Å². The lowest BCUT2D eigenvalue weighted by molar-refractivity contribution is -0.132.